The fourth-order valence-corrected chi connectivity index (χ4v) is 1.92. The molecule has 1 aromatic rings. The van der Waals surface area contributed by atoms with Crippen LogP contribution >= 0.6 is 0 Å². The van der Waals surface area contributed by atoms with Gasteiger partial charge in [-0.2, -0.15) is 0 Å². The van der Waals surface area contributed by atoms with E-state index in [-0.39, 0.29) is 5.91 Å². The van der Waals surface area contributed by atoms with Gasteiger partial charge in [-0.3, -0.25) is 4.79 Å². The number of hydrogen-bond acceptors (Lipinski definition) is 3. The van der Waals surface area contributed by atoms with Crippen LogP contribution in [0.1, 0.15) is 39.2 Å². The van der Waals surface area contributed by atoms with E-state index in [1.807, 2.05) is 6.92 Å². The van der Waals surface area contributed by atoms with Crippen molar-refractivity contribution in [1.82, 2.24) is 5.32 Å². The number of aliphatic carboxylic acids is 1. The minimum atomic E-state index is -1.01. The van der Waals surface area contributed by atoms with Gasteiger partial charge in [0.25, 0.3) is 0 Å². The highest BCUT2D eigenvalue weighted by molar-refractivity contribution is 5.90. The molecule has 0 heterocycles. The van der Waals surface area contributed by atoms with E-state index in [4.69, 9.17) is 10.8 Å². The second-order valence-electron chi connectivity index (χ2n) is 5.40. The molecular formula is C15H22N2O3. The molecule has 0 aromatic heterocycles. The summed E-state index contributed by atoms with van der Waals surface area (Å²) in [6.07, 6.45) is 1.11. The fraction of sp³-hybridized carbons (Fsp3) is 0.467. The van der Waals surface area contributed by atoms with Crippen LogP contribution in [0, 0.1) is 0 Å². The highest BCUT2D eigenvalue weighted by atomic mass is 16.4. The number of benzene rings is 1. The van der Waals surface area contributed by atoms with E-state index in [1.165, 1.54) is 0 Å². The van der Waals surface area contributed by atoms with E-state index < -0.39 is 17.4 Å². The normalized spacial score (nSPS) is 12.8. The van der Waals surface area contributed by atoms with E-state index in [2.05, 4.69) is 5.32 Å². The molecule has 0 saturated heterocycles. The summed E-state index contributed by atoms with van der Waals surface area (Å²) >= 11 is 0. The Morgan fingerprint density at radius 1 is 1.30 bits per heavy atom. The average Bonchev–Trinajstić information content (AvgIpc) is 2.38. The first-order valence-electron chi connectivity index (χ1n) is 6.68. The first-order valence-corrected chi connectivity index (χ1v) is 6.68. The number of carbonyl (C=O) groups is 2. The highest BCUT2D eigenvalue weighted by Crippen LogP contribution is 2.24. The van der Waals surface area contributed by atoms with Gasteiger partial charge in [-0.15, -0.1) is 0 Å². The zero-order valence-electron chi connectivity index (χ0n) is 12.1. The number of amides is 1. The van der Waals surface area contributed by atoms with Gasteiger partial charge in [0.1, 0.15) is 6.04 Å². The number of hydrogen-bond donors (Lipinski definition) is 3. The molecule has 110 valence electrons. The largest absolute Gasteiger partial charge is 0.480 e. The molecule has 1 aromatic carbocycles. The lowest BCUT2D eigenvalue weighted by atomic mass is 9.83. The average molecular weight is 278 g/mol. The molecule has 0 fully saturated rings. The molecule has 0 aliphatic heterocycles. The summed E-state index contributed by atoms with van der Waals surface area (Å²) in [6, 6.07) is 6.17. The number of carboxylic acids is 1. The number of anilines is 1. The zero-order valence-corrected chi connectivity index (χ0v) is 12.1. The van der Waals surface area contributed by atoms with Gasteiger partial charge in [0.05, 0.1) is 5.41 Å². The molecule has 5 heteroatoms. The number of carboxylic acid groups (broad SMARTS) is 1. The number of nitrogens with two attached hydrogens (primary N) is 1. The predicted molar refractivity (Wildman–Crippen MR) is 78.4 cm³/mol. The number of nitrogen functional groups attached to an aromatic ring is 1. The number of carbonyl (C=O) groups excluding carboxylic acids is 1. The standard InChI is InChI=1S/C15H22N2O3/c1-4-5-12(13(18)19)17-14(20)15(2,3)10-6-8-11(16)9-7-10/h6-9,12H,4-5,16H2,1-3H3,(H,17,20)(H,18,19). The Labute approximate surface area is 119 Å². The Morgan fingerprint density at radius 2 is 1.85 bits per heavy atom. The first kappa shape index (κ1) is 16.0. The molecule has 4 N–H and O–H groups in total. The second kappa shape index (κ2) is 6.41. The van der Waals surface area contributed by atoms with Gasteiger partial charge in [-0.1, -0.05) is 25.5 Å². The van der Waals surface area contributed by atoms with E-state index in [9.17, 15) is 9.59 Å². The van der Waals surface area contributed by atoms with Gasteiger partial charge >= 0.3 is 5.97 Å². The summed E-state index contributed by atoms with van der Waals surface area (Å²) in [7, 11) is 0. The molecule has 0 bridgehead atoms. The van der Waals surface area contributed by atoms with Crippen molar-refractivity contribution in [1.29, 1.82) is 0 Å². The van der Waals surface area contributed by atoms with Crippen molar-refractivity contribution in [2.24, 2.45) is 0 Å². The van der Waals surface area contributed by atoms with Crippen molar-refractivity contribution >= 4 is 17.6 Å². The molecule has 1 amide bonds. The van der Waals surface area contributed by atoms with Gasteiger partial charge < -0.3 is 16.2 Å². The van der Waals surface area contributed by atoms with Crippen LogP contribution in [0.2, 0.25) is 0 Å². The van der Waals surface area contributed by atoms with E-state index in [0.29, 0.717) is 18.5 Å². The predicted octanol–water partition coefficient (Wildman–Crippen LogP) is 1.92. The van der Waals surface area contributed by atoms with Gasteiger partial charge in [-0.25, -0.2) is 4.79 Å². The maximum absolute atomic E-state index is 12.3. The molecule has 1 rings (SSSR count). The van der Waals surface area contributed by atoms with Crippen LogP contribution in [-0.4, -0.2) is 23.0 Å². The molecule has 1 atom stereocenters. The van der Waals surface area contributed by atoms with Crippen molar-refractivity contribution in [3.8, 4) is 0 Å². The fourth-order valence-electron chi connectivity index (χ4n) is 1.92. The second-order valence-corrected chi connectivity index (χ2v) is 5.40. The molecule has 0 radical (unpaired) electrons. The zero-order chi connectivity index (χ0) is 15.3. The molecule has 0 spiro atoms. The van der Waals surface area contributed by atoms with Crippen LogP contribution < -0.4 is 11.1 Å². The van der Waals surface area contributed by atoms with Gasteiger partial charge in [-0.05, 0) is 38.0 Å². The molecule has 0 saturated carbocycles. The van der Waals surface area contributed by atoms with Gasteiger partial charge in [0.2, 0.25) is 5.91 Å². The first-order chi connectivity index (χ1) is 9.28. The monoisotopic (exact) mass is 278 g/mol. The van der Waals surface area contributed by atoms with Crippen LogP contribution in [0.4, 0.5) is 5.69 Å². The maximum Gasteiger partial charge on any atom is 0.326 e. The lowest BCUT2D eigenvalue weighted by Gasteiger charge is -2.26. The van der Waals surface area contributed by atoms with E-state index in [1.54, 1.807) is 38.1 Å². The Balaban J connectivity index is 2.88. The highest BCUT2D eigenvalue weighted by Gasteiger charge is 2.32. The van der Waals surface area contributed by atoms with Crippen LogP contribution in [0.25, 0.3) is 0 Å². The van der Waals surface area contributed by atoms with Crippen LogP contribution in [0.5, 0.6) is 0 Å². The van der Waals surface area contributed by atoms with Crippen molar-refractivity contribution in [3.63, 3.8) is 0 Å². The van der Waals surface area contributed by atoms with Crippen LogP contribution in [0.15, 0.2) is 24.3 Å². The molecular weight excluding hydrogens is 256 g/mol. The summed E-state index contributed by atoms with van der Waals surface area (Å²) in [4.78, 5) is 23.4. The van der Waals surface area contributed by atoms with Crippen molar-refractivity contribution in [3.05, 3.63) is 29.8 Å². The van der Waals surface area contributed by atoms with E-state index in [0.717, 1.165) is 5.56 Å². The van der Waals surface area contributed by atoms with Gasteiger partial charge in [0.15, 0.2) is 0 Å². The van der Waals surface area contributed by atoms with Crippen molar-refractivity contribution in [2.75, 3.05) is 5.73 Å². The molecule has 1 unspecified atom stereocenters. The minimum Gasteiger partial charge on any atom is -0.480 e. The van der Waals surface area contributed by atoms with Crippen LogP contribution in [-0.2, 0) is 15.0 Å². The Bertz CT molecular complexity index is 480. The number of nitrogens with one attached hydrogen (secondary N) is 1. The molecule has 5 nitrogen and oxygen atoms in total. The third-order valence-electron chi connectivity index (χ3n) is 3.38. The smallest absolute Gasteiger partial charge is 0.326 e. The molecule has 0 aliphatic carbocycles. The van der Waals surface area contributed by atoms with Gasteiger partial charge in [0, 0.05) is 5.69 Å². The lowest BCUT2D eigenvalue weighted by molar-refractivity contribution is -0.142. The summed E-state index contributed by atoms with van der Waals surface area (Å²) in [5.41, 5.74) is 6.24. The number of rotatable bonds is 6. The quantitative estimate of drug-likeness (QED) is 0.693. The Hall–Kier alpha value is -2.04. The van der Waals surface area contributed by atoms with E-state index >= 15 is 0 Å². The third-order valence-corrected chi connectivity index (χ3v) is 3.38. The van der Waals surface area contributed by atoms with Crippen molar-refractivity contribution < 1.29 is 14.7 Å². The minimum absolute atomic E-state index is 0.303. The summed E-state index contributed by atoms with van der Waals surface area (Å²) in [5.74, 6) is -1.31. The molecule has 20 heavy (non-hydrogen) atoms. The summed E-state index contributed by atoms with van der Waals surface area (Å²) < 4.78 is 0. The summed E-state index contributed by atoms with van der Waals surface area (Å²) in [5, 5.41) is 11.7. The lowest BCUT2D eigenvalue weighted by Crippen LogP contribution is -2.48. The third kappa shape index (κ3) is 3.73. The Morgan fingerprint density at radius 3 is 2.30 bits per heavy atom. The summed E-state index contributed by atoms with van der Waals surface area (Å²) in [6.45, 7) is 5.41. The topological polar surface area (TPSA) is 92.4 Å². The Kier molecular flexibility index (Phi) is 5.13. The SMILES string of the molecule is CCCC(NC(=O)C(C)(C)c1ccc(N)cc1)C(=O)O. The van der Waals surface area contributed by atoms with Crippen molar-refractivity contribution in [2.45, 2.75) is 45.1 Å². The molecule has 0 aliphatic rings. The maximum atomic E-state index is 12.3. The van der Waals surface area contributed by atoms with Crippen LogP contribution in [0.3, 0.4) is 0 Å².